The van der Waals surface area contributed by atoms with Crippen LogP contribution in [0.25, 0.3) is 0 Å². The highest BCUT2D eigenvalue weighted by molar-refractivity contribution is 5.22. The number of hydrogen-bond acceptors (Lipinski definition) is 2. The number of rotatable bonds is 6. The van der Waals surface area contributed by atoms with Crippen LogP contribution in [0.1, 0.15) is 13.3 Å². The lowest BCUT2D eigenvalue weighted by molar-refractivity contribution is 0.372. The van der Waals surface area contributed by atoms with E-state index in [1.54, 1.807) is 0 Å². The Morgan fingerprint density at radius 2 is 2.14 bits per heavy atom. The number of nitrogens with zero attached hydrogens (tertiary/aromatic N) is 1. The third-order valence-electron chi connectivity index (χ3n) is 1.86. The van der Waals surface area contributed by atoms with E-state index in [0.29, 0.717) is 0 Å². The molecule has 0 fully saturated rings. The van der Waals surface area contributed by atoms with E-state index in [1.165, 1.54) is 5.57 Å². The quantitative estimate of drug-likeness (QED) is 0.655. The number of likely N-dealkylation sites (N-methyl/N-ethyl adjacent to an activating group) is 1. The first-order valence-corrected chi connectivity index (χ1v) is 4.94. The molecule has 0 radical (unpaired) electrons. The number of hydrogen-bond donors (Lipinski definition) is 1. The van der Waals surface area contributed by atoms with Gasteiger partial charge < -0.3 is 10.6 Å². The van der Waals surface area contributed by atoms with Gasteiger partial charge in [0.25, 0.3) is 0 Å². The van der Waals surface area contributed by atoms with Gasteiger partial charge in [-0.15, -0.1) is 0 Å². The summed E-state index contributed by atoms with van der Waals surface area (Å²) in [7, 11) is 4.06. The molecule has 1 atom stereocenters. The summed E-state index contributed by atoms with van der Waals surface area (Å²) in [6.45, 7) is 6.68. The van der Waals surface area contributed by atoms with Crippen LogP contribution < -0.4 is 5.73 Å². The van der Waals surface area contributed by atoms with Gasteiger partial charge in [0.2, 0.25) is 0 Å². The molecule has 0 aromatic rings. The van der Waals surface area contributed by atoms with Crippen LogP contribution in [0.2, 0.25) is 0 Å². The maximum Gasteiger partial charge on any atom is 0.0208 e. The molecule has 2 N–H and O–H groups in total. The Morgan fingerprint density at radius 1 is 1.50 bits per heavy atom. The van der Waals surface area contributed by atoms with Crippen LogP contribution in [-0.2, 0) is 0 Å². The van der Waals surface area contributed by atoms with E-state index in [2.05, 4.69) is 17.6 Å². The predicted octanol–water partition coefficient (Wildman–Crippen LogP) is 1.95. The minimum Gasteiger partial charge on any atom is -0.326 e. The average Bonchev–Trinajstić information content (AvgIpc) is 2.10. The van der Waals surface area contributed by atoms with Crippen LogP contribution >= 0.6 is 0 Å². The highest BCUT2D eigenvalue weighted by Crippen LogP contribution is 2.06. The Morgan fingerprint density at radius 3 is 2.57 bits per heavy atom. The van der Waals surface area contributed by atoms with Crippen molar-refractivity contribution in [2.24, 2.45) is 5.73 Å². The van der Waals surface area contributed by atoms with E-state index in [1.807, 2.05) is 39.2 Å². The molecule has 0 aliphatic carbocycles. The first-order valence-electron chi connectivity index (χ1n) is 4.94. The van der Waals surface area contributed by atoms with Crippen molar-refractivity contribution in [2.45, 2.75) is 19.4 Å². The van der Waals surface area contributed by atoms with E-state index in [-0.39, 0.29) is 6.04 Å². The molecule has 0 aromatic heterocycles. The van der Waals surface area contributed by atoms with Crippen molar-refractivity contribution in [3.63, 3.8) is 0 Å². The normalized spacial score (nSPS) is 15.1. The molecule has 14 heavy (non-hydrogen) atoms. The molecule has 0 bridgehead atoms. The molecule has 80 valence electrons. The van der Waals surface area contributed by atoms with Crippen molar-refractivity contribution >= 4 is 0 Å². The fourth-order valence-electron chi connectivity index (χ4n) is 1.28. The van der Waals surface area contributed by atoms with Crippen LogP contribution in [-0.4, -0.2) is 31.6 Å². The smallest absolute Gasteiger partial charge is 0.0208 e. The molecule has 0 saturated carbocycles. The SMILES string of the molecule is C=C/C(=C\C=C/C)CC(N)CN(C)C. The summed E-state index contributed by atoms with van der Waals surface area (Å²) < 4.78 is 0. The van der Waals surface area contributed by atoms with Gasteiger partial charge in [0.05, 0.1) is 0 Å². The van der Waals surface area contributed by atoms with Crippen LogP contribution in [0.5, 0.6) is 0 Å². The van der Waals surface area contributed by atoms with Crippen LogP contribution in [0.15, 0.2) is 36.5 Å². The second-order valence-electron chi connectivity index (χ2n) is 3.70. The van der Waals surface area contributed by atoms with Crippen molar-refractivity contribution in [3.05, 3.63) is 36.5 Å². The summed E-state index contributed by atoms with van der Waals surface area (Å²) in [6.07, 6.45) is 8.82. The van der Waals surface area contributed by atoms with Crippen molar-refractivity contribution in [3.8, 4) is 0 Å². The van der Waals surface area contributed by atoms with Crippen molar-refractivity contribution in [2.75, 3.05) is 20.6 Å². The standard InChI is InChI=1S/C12H22N2/c1-5-7-8-11(6-2)9-12(13)10-14(3)4/h5-8,12H,2,9-10,13H2,1,3-4H3/b7-5-,11-8+. The molecule has 0 amide bonds. The summed E-state index contributed by atoms with van der Waals surface area (Å²) >= 11 is 0. The molecule has 0 spiro atoms. The molecular weight excluding hydrogens is 172 g/mol. The lowest BCUT2D eigenvalue weighted by Crippen LogP contribution is -2.33. The second-order valence-corrected chi connectivity index (χ2v) is 3.70. The van der Waals surface area contributed by atoms with E-state index in [0.717, 1.165) is 13.0 Å². The zero-order valence-electron chi connectivity index (χ0n) is 9.53. The van der Waals surface area contributed by atoms with Crippen LogP contribution in [0, 0.1) is 0 Å². The molecule has 0 aliphatic rings. The molecule has 0 rings (SSSR count). The first kappa shape index (κ1) is 13.1. The molecule has 0 saturated heterocycles. The fraction of sp³-hybridized carbons (Fsp3) is 0.500. The zero-order chi connectivity index (χ0) is 11.0. The first-order chi connectivity index (χ1) is 6.60. The summed E-state index contributed by atoms with van der Waals surface area (Å²) in [5.41, 5.74) is 7.16. The Bertz CT molecular complexity index is 214. The van der Waals surface area contributed by atoms with Crippen LogP contribution in [0.3, 0.4) is 0 Å². The monoisotopic (exact) mass is 194 g/mol. The van der Waals surface area contributed by atoms with Crippen molar-refractivity contribution in [1.29, 1.82) is 0 Å². The Hall–Kier alpha value is -0.860. The topological polar surface area (TPSA) is 29.3 Å². The highest BCUT2D eigenvalue weighted by atomic mass is 15.1. The zero-order valence-corrected chi connectivity index (χ0v) is 9.53. The van der Waals surface area contributed by atoms with E-state index in [9.17, 15) is 0 Å². The van der Waals surface area contributed by atoms with E-state index in [4.69, 9.17) is 5.73 Å². The largest absolute Gasteiger partial charge is 0.326 e. The van der Waals surface area contributed by atoms with Gasteiger partial charge in [0.1, 0.15) is 0 Å². The van der Waals surface area contributed by atoms with Gasteiger partial charge >= 0.3 is 0 Å². The predicted molar refractivity (Wildman–Crippen MR) is 64.2 cm³/mol. The van der Waals surface area contributed by atoms with Gasteiger partial charge in [-0.1, -0.05) is 30.9 Å². The maximum absolute atomic E-state index is 5.97. The summed E-state index contributed by atoms with van der Waals surface area (Å²) in [4.78, 5) is 2.10. The maximum atomic E-state index is 5.97. The summed E-state index contributed by atoms with van der Waals surface area (Å²) in [5.74, 6) is 0. The molecule has 0 aliphatic heterocycles. The van der Waals surface area contributed by atoms with Gasteiger partial charge in [-0.25, -0.2) is 0 Å². The number of nitrogens with two attached hydrogens (primary N) is 1. The molecule has 2 heteroatoms. The second kappa shape index (κ2) is 7.54. The molecule has 0 heterocycles. The molecule has 1 unspecified atom stereocenters. The Kier molecular flexibility index (Phi) is 7.07. The van der Waals surface area contributed by atoms with Gasteiger partial charge in [-0.2, -0.15) is 0 Å². The van der Waals surface area contributed by atoms with Crippen LogP contribution in [0.4, 0.5) is 0 Å². The Balaban J connectivity index is 4.11. The fourth-order valence-corrected chi connectivity index (χ4v) is 1.28. The third kappa shape index (κ3) is 6.63. The third-order valence-corrected chi connectivity index (χ3v) is 1.86. The number of allylic oxidation sites excluding steroid dienone is 4. The van der Waals surface area contributed by atoms with E-state index < -0.39 is 0 Å². The van der Waals surface area contributed by atoms with Gasteiger partial charge in [-0.05, 0) is 33.0 Å². The molecule has 0 aromatic carbocycles. The molecule has 2 nitrogen and oxygen atoms in total. The summed E-state index contributed by atoms with van der Waals surface area (Å²) in [5, 5.41) is 0. The average molecular weight is 194 g/mol. The lowest BCUT2D eigenvalue weighted by Gasteiger charge is -2.16. The molecular formula is C12H22N2. The lowest BCUT2D eigenvalue weighted by atomic mass is 10.1. The minimum atomic E-state index is 0.180. The van der Waals surface area contributed by atoms with Gasteiger partial charge in [0.15, 0.2) is 0 Å². The highest BCUT2D eigenvalue weighted by Gasteiger charge is 2.04. The summed E-state index contributed by atoms with van der Waals surface area (Å²) in [6, 6.07) is 0.180. The van der Waals surface area contributed by atoms with E-state index >= 15 is 0 Å². The van der Waals surface area contributed by atoms with Crippen molar-refractivity contribution < 1.29 is 0 Å². The Labute approximate surface area is 87.8 Å². The van der Waals surface area contributed by atoms with Gasteiger partial charge in [-0.3, -0.25) is 0 Å². The van der Waals surface area contributed by atoms with Crippen molar-refractivity contribution in [1.82, 2.24) is 4.90 Å². The van der Waals surface area contributed by atoms with Gasteiger partial charge in [0, 0.05) is 12.6 Å². The minimum absolute atomic E-state index is 0.180.